The van der Waals surface area contributed by atoms with Gasteiger partial charge in [0.2, 0.25) is 5.91 Å². The van der Waals surface area contributed by atoms with Crippen molar-refractivity contribution in [1.29, 1.82) is 0 Å². The number of hydrogen-bond acceptors (Lipinski definition) is 5. The van der Waals surface area contributed by atoms with E-state index in [4.69, 9.17) is 4.74 Å². The molecule has 0 aliphatic carbocycles. The Morgan fingerprint density at radius 1 is 1.07 bits per heavy atom. The van der Waals surface area contributed by atoms with Gasteiger partial charge in [0.25, 0.3) is 11.8 Å². The topological polar surface area (TPSA) is 79.8 Å². The smallest absolute Gasteiger partial charge is 0.262 e. The third-order valence-corrected chi connectivity index (χ3v) is 5.15. The molecule has 3 heterocycles. The van der Waals surface area contributed by atoms with E-state index in [1.165, 1.54) is 0 Å². The summed E-state index contributed by atoms with van der Waals surface area (Å²) in [4.78, 5) is 44.4. The number of rotatable bonds is 4. The van der Waals surface area contributed by atoms with Gasteiger partial charge in [-0.15, -0.1) is 0 Å². The number of aryl methyl sites for hydroxylation is 1. The largest absolute Gasteiger partial charge is 0.489 e. The normalized spacial score (nSPS) is 17.0. The van der Waals surface area contributed by atoms with Crippen molar-refractivity contribution in [2.75, 3.05) is 19.6 Å². The average Bonchev–Trinajstić information content (AvgIpc) is 2.95. The summed E-state index contributed by atoms with van der Waals surface area (Å²) in [5, 5.41) is 0. The van der Waals surface area contributed by atoms with Crippen molar-refractivity contribution in [3.63, 3.8) is 0 Å². The van der Waals surface area contributed by atoms with Crippen molar-refractivity contribution in [2.45, 2.75) is 25.9 Å². The Hall–Kier alpha value is -3.22. The summed E-state index contributed by atoms with van der Waals surface area (Å²) >= 11 is 0. The van der Waals surface area contributed by atoms with Crippen molar-refractivity contribution in [3.8, 4) is 5.75 Å². The maximum atomic E-state index is 12.6. The number of likely N-dealkylation sites (tertiary alicyclic amines) is 1. The molecule has 2 aliphatic heterocycles. The van der Waals surface area contributed by atoms with E-state index in [0.717, 1.165) is 16.3 Å². The second kappa shape index (κ2) is 7.42. The van der Waals surface area contributed by atoms with Gasteiger partial charge in [0, 0.05) is 31.6 Å². The molecule has 7 heteroatoms. The Bertz CT molecular complexity index is 883. The Morgan fingerprint density at radius 3 is 2.29 bits per heavy atom. The van der Waals surface area contributed by atoms with Gasteiger partial charge in [-0.2, -0.15) is 0 Å². The zero-order valence-corrected chi connectivity index (χ0v) is 15.6. The van der Waals surface area contributed by atoms with Crippen LogP contribution in [0.2, 0.25) is 0 Å². The van der Waals surface area contributed by atoms with Crippen LogP contribution in [0.15, 0.2) is 42.6 Å². The Labute approximate surface area is 162 Å². The number of carbonyl (C=O) groups excluding carboxylic acids is 3. The average molecular weight is 379 g/mol. The zero-order chi connectivity index (χ0) is 19.7. The molecule has 0 atom stereocenters. The summed E-state index contributed by atoms with van der Waals surface area (Å²) in [6.07, 6.45) is 3.12. The maximum absolute atomic E-state index is 12.6. The lowest BCUT2D eigenvalue weighted by Crippen LogP contribution is -2.47. The highest BCUT2D eigenvalue weighted by atomic mass is 16.5. The lowest BCUT2D eigenvalue weighted by Gasteiger charge is -2.32. The van der Waals surface area contributed by atoms with Crippen LogP contribution >= 0.6 is 0 Å². The maximum Gasteiger partial charge on any atom is 0.262 e. The Morgan fingerprint density at radius 2 is 1.71 bits per heavy atom. The summed E-state index contributed by atoms with van der Waals surface area (Å²) in [5.74, 6) is -0.301. The van der Waals surface area contributed by atoms with Crippen LogP contribution in [0.5, 0.6) is 5.75 Å². The molecule has 0 bridgehead atoms. The van der Waals surface area contributed by atoms with E-state index in [-0.39, 0.29) is 18.6 Å². The summed E-state index contributed by atoms with van der Waals surface area (Å²) < 4.78 is 5.93. The number of pyridine rings is 1. The van der Waals surface area contributed by atoms with Crippen molar-refractivity contribution >= 4 is 17.7 Å². The molecule has 7 nitrogen and oxygen atoms in total. The van der Waals surface area contributed by atoms with Crippen molar-refractivity contribution in [3.05, 3.63) is 59.4 Å². The number of carbonyl (C=O) groups is 3. The van der Waals surface area contributed by atoms with Gasteiger partial charge in [-0.05, 0) is 31.2 Å². The van der Waals surface area contributed by atoms with E-state index < -0.39 is 11.8 Å². The number of nitrogens with zero attached hydrogens (tertiary/aromatic N) is 3. The first-order valence-electron chi connectivity index (χ1n) is 9.35. The third kappa shape index (κ3) is 3.47. The molecule has 0 unspecified atom stereocenters. The summed E-state index contributed by atoms with van der Waals surface area (Å²) in [6.45, 7) is 2.76. The number of aromatic nitrogens is 1. The van der Waals surface area contributed by atoms with Crippen LogP contribution in [-0.4, -0.2) is 58.2 Å². The fourth-order valence-corrected chi connectivity index (χ4v) is 3.56. The second-order valence-corrected chi connectivity index (χ2v) is 7.08. The van der Waals surface area contributed by atoms with E-state index in [9.17, 15) is 14.4 Å². The number of amides is 3. The van der Waals surface area contributed by atoms with E-state index in [1.807, 2.05) is 19.1 Å². The van der Waals surface area contributed by atoms with Crippen LogP contribution in [0, 0.1) is 6.92 Å². The molecule has 1 aromatic carbocycles. The molecule has 1 fully saturated rings. The number of hydrogen-bond donors (Lipinski definition) is 0. The van der Waals surface area contributed by atoms with Gasteiger partial charge in [-0.3, -0.25) is 24.3 Å². The molecule has 2 aromatic rings. The van der Waals surface area contributed by atoms with Gasteiger partial charge in [-0.25, -0.2) is 0 Å². The summed E-state index contributed by atoms with van der Waals surface area (Å²) in [6, 6.07) is 10.4. The number of imide groups is 1. The second-order valence-electron chi connectivity index (χ2n) is 7.08. The number of benzene rings is 1. The SMILES string of the molecule is Cc1ccc(OC2CCN(C(=O)CN3C(=O)c4ccccc4C3=O)CC2)cn1. The lowest BCUT2D eigenvalue weighted by atomic mass is 10.1. The van der Waals surface area contributed by atoms with Crippen LogP contribution in [-0.2, 0) is 4.79 Å². The van der Waals surface area contributed by atoms with Gasteiger partial charge in [-0.1, -0.05) is 12.1 Å². The van der Waals surface area contributed by atoms with Gasteiger partial charge >= 0.3 is 0 Å². The fourth-order valence-electron chi connectivity index (χ4n) is 3.56. The van der Waals surface area contributed by atoms with E-state index in [2.05, 4.69) is 4.98 Å². The molecule has 3 amide bonds. The monoisotopic (exact) mass is 379 g/mol. The molecule has 4 rings (SSSR count). The Balaban J connectivity index is 1.32. The minimum absolute atomic E-state index is 0.0212. The number of piperidine rings is 1. The Kier molecular flexibility index (Phi) is 4.81. The van der Waals surface area contributed by atoms with E-state index >= 15 is 0 Å². The predicted molar refractivity (Wildman–Crippen MR) is 101 cm³/mol. The van der Waals surface area contributed by atoms with Gasteiger partial charge in [0.1, 0.15) is 18.4 Å². The summed E-state index contributed by atoms with van der Waals surface area (Å²) in [7, 11) is 0. The van der Waals surface area contributed by atoms with Gasteiger partial charge in [0.15, 0.2) is 0 Å². The highest BCUT2D eigenvalue weighted by molar-refractivity contribution is 6.22. The molecule has 0 spiro atoms. The van der Waals surface area contributed by atoms with Crippen molar-refractivity contribution in [2.24, 2.45) is 0 Å². The molecule has 1 aromatic heterocycles. The molecule has 0 saturated carbocycles. The highest BCUT2D eigenvalue weighted by Crippen LogP contribution is 2.23. The van der Waals surface area contributed by atoms with Crippen LogP contribution in [0.1, 0.15) is 39.3 Å². The van der Waals surface area contributed by atoms with Crippen molar-refractivity contribution in [1.82, 2.24) is 14.8 Å². The fraction of sp³-hybridized carbons (Fsp3) is 0.333. The number of fused-ring (bicyclic) bond motifs is 1. The number of ether oxygens (including phenoxy) is 1. The highest BCUT2D eigenvalue weighted by Gasteiger charge is 2.37. The standard InChI is InChI=1S/C21H21N3O4/c1-14-6-7-16(12-22-14)28-15-8-10-23(11-9-15)19(25)13-24-20(26)17-4-2-3-5-18(17)21(24)27/h2-7,12,15H,8-11,13H2,1H3. The molecule has 28 heavy (non-hydrogen) atoms. The molecule has 2 aliphatic rings. The minimum atomic E-state index is -0.404. The molecule has 0 N–H and O–H groups in total. The molecular formula is C21H21N3O4. The molecule has 1 saturated heterocycles. The van der Waals surface area contributed by atoms with Crippen LogP contribution < -0.4 is 4.74 Å². The minimum Gasteiger partial charge on any atom is -0.489 e. The third-order valence-electron chi connectivity index (χ3n) is 5.15. The van der Waals surface area contributed by atoms with Crippen LogP contribution in [0.25, 0.3) is 0 Å². The van der Waals surface area contributed by atoms with E-state index in [0.29, 0.717) is 37.1 Å². The lowest BCUT2D eigenvalue weighted by molar-refractivity contribution is -0.133. The van der Waals surface area contributed by atoms with Crippen molar-refractivity contribution < 1.29 is 19.1 Å². The quantitative estimate of drug-likeness (QED) is 0.760. The first kappa shape index (κ1) is 18.2. The molecule has 0 radical (unpaired) electrons. The van der Waals surface area contributed by atoms with E-state index in [1.54, 1.807) is 35.4 Å². The first-order chi connectivity index (χ1) is 13.5. The first-order valence-corrected chi connectivity index (χ1v) is 9.35. The van der Waals surface area contributed by atoms with Gasteiger partial charge < -0.3 is 9.64 Å². The summed E-state index contributed by atoms with van der Waals surface area (Å²) in [5.41, 5.74) is 1.65. The molecule has 144 valence electrons. The van der Waals surface area contributed by atoms with Crippen LogP contribution in [0.3, 0.4) is 0 Å². The predicted octanol–water partition coefficient (Wildman–Crippen LogP) is 2.06. The van der Waals surface area contributed by atoms with Crippen LogP contribution in [0.4, 0.5) is 0 Å². The molecular weight excluding hydrogens is 358 g/mol. The van der Waals surface area contributed by atoms with Gasteiger partial charge in [0.05, 0.1) is 17.3 Å². The zero-order valence-electron chi connectivity index (χ0n) is 15.6.